The third kappa shape index (κ3) is 5.93. The van der Waals surface area contributed by atoms with Gasteiger partial charge in [-0.2, -0.15) is 0 Å². The van der Waals surface area contributed by atoms with Crippen LogP contribution in [0, 0.1) is 0 Å². The Morgan fingerprint density at radius 3 is 2.80 bits per heavy atom. The molecule has 0 fully saturated rings. The first kappa shape index (κ1) is 16.3. The molecule has 0 saturated carbocycles. The molecule has 0 bridgehead atoms. The highest BCUT2D eigenvalue weighted by molar-refractivity contribution is 5.89. The second kappa shape index (κ2) is 7.75. The molecule has 112 valence electrons. The predicted molar refractivity (Wildman–Crippen MR) is 80.2 cm³/mol. The molecule has 20 heavy (non-hydrogen) atoms. The molecule has 0 aliphatic heterocycles. The molecule has 5 nitrogen and oxygen atoms in total. The Labute approximate surface area is 120 Å². The van der Waals surface area contributed by atoms with Gasteiger partial charge in [-0.25, -0.2) is 4.79 Å². The SMILES string of the molecule is CCCOc1cccc(NC(=O)NC[C@](C)(O)CC)c1. The van der Waals surface area contributed by atoms with Gasteiger partial charge in [-0.3, -0.25) is 0 Å². The number of nitrogens with one attached hydrogen (secondary N) is 2. The zero-order valence-electron chi connectivity index (χ0n) is 12.4. The highest BCUT2D eigenvalue weighted by Gasteiger charge is 2.18. The van der Waals surface area contributed by atoms with Crippen molar-refractivity contribution in [2.75, 3.05) is 18.5 Å². The van der Waals surface area contributed by atoms with E-state index in [0.717, 1.165) is 12.2 Å². The fraction of sp³-hybridized carbons (Fsp3) is 0.533. The van der Waals surface area contributed by atoms with Gasteiger partial charge in [0.1, 0.15) is 5.75 Å². The highest BCUT2D eigenvalue weighted by atomic mass is 16.5. The van der Waals surface area contributed by atoms with Crippen LogP contribution in [0.3, 0.4) is 0 Å². The van der Waals surface area contributed by atoms with Crippen LogP contribution in [0.1, 0.15) is 33.6 Å². The lowest BCUT2D eigenvalue weighted by Crippen LogP contribution is -2.41. The molecule has 0 radical (unpaired) electrons. The maximum atomic E-state index is 11.7. The van der Waals surface area contributed by atoms with Gasteiger partial charge in [0.25, 0.3) is 0 Å². The van der Waals surface area contributed by atoms with Crippen molar-refractivity contribution in [1.29, 1.82) is 0 Å². The second-order valence-electron chi connectivity index (χ2n) is 5.03. The zero-order valence-corrected chi connectivity index (χ0v) is 12.4. The average molecular weight is 280 g/mol. The van der Waals surface area contributed by atoms with Gasteiger partial charge >= 0.3 is 6.03 Å². The number of rotatable bonds is 7. The van der Waals surface area contributed by atoms with Crippen LogP contribution in [-0.2, 0) is 0 Å². The van der Waals surface area contributed by atoms with Crippen molar-refractivity contribution in [3.05, 3.63) is 24.3 Å². The third-order valence-corrected chi connectivity index (χ3v) is 2.96. The van der Waals surface area contributed by atoms with E-state index in [1.165, 1.54) is 0 Å². The molecule has 1 rings (SSSR count). The van der Waals surface area contributed by atoms with Gasteiger partial charge in [0.15, 0.2) is 0 Å². The maximum absolute atomic E-state index is 11.7. The molecule has 1 aromatic rings. The number of anilines is 1. The lowest BCUT2D eigenvalue weighted by Gasteiger charge is -2.21. The lowest BCUT2D eigenvalue weighted by molar-refractivity contribution is 0.0587. The highest BCUT2D eigenvalue weighted by Crippen LogP contribution is 2.17. The third-order valence-electron chi connectivity index (χ3n) is 2.96. The summed E-state index contributed by atoms with van der Waals surface area (Å²) < 4.78 is 5.50. The van der Waals surface area contributed by atoms with Crippen molar-refractivity contribution >= 4 is 11.7 Å². The number of carbonyl (C=O) groups is 1. The van der Waals surface area contributed by atoms with Gasteiger partial charge in [0.2, 0.25) is 0 Å². The van der Waals surface area contributed by atoms with Crippen molar-refractivity contribution in [2.24, 2.45) is 0 Å². The standard InChI is InChI=1S/C15H24N2O3/c1-4-9-20-13-8-6-7-12(10-13)17-14(18)16-11-15(3,19)5-2/h6-8,10,19H,4-5,9,11H2,1-3H3,(H2,16,17,18)/t15-/m1/s1. The minimum absolute atomic E-state index is 0.210. The van der Waals surface area contributed by atoms with E-state index in [-0.39, 0.29) is 12.6 Å². The van der Waals surface area contributed by atoms with Crippen LogP contribution in [-0.4, -0.2) is 29.9 Å². The summed E-state index contributed by atoms with van der Waals surface area (Å²) in [6.45, 7) is 6.45. The summed E-state index contributed by atoms with van der Waals surface area (Å²) in [5.41, 5.74) is -0.226. The number of benzene rings is 1. The summed E-state index contributed by atoms with van der Waals surface area (Å²) in [5, 5.41) is 15.2. The summed E-state index contributed by atoms with van der Waals surface area (Å²) in [4.78, 5) is 11.7. The number of carbonyl (C=O) groups excluding carboxylic acids is 1. The van der Waals surface area contributed by atoms with Gasteiger partial charge in [-0.05, 0) is 31.9 Å². The van der Waals surface area contributed by atoms with Crippen LogP contribution in [0.15, 0.2) is 24.3 Å². The van der Waals surface area contributed by atoms with E-state index >= 15 is 0 Å². The van der Waals surface area contributed by atoms with Crippen molar-refractivity contribution in [2.45, 2.75) is 39.2 Å². The van der Waals surface area contributed by atoms with Crippen LogP contribution >= 0.6 is 0 Å². The fourth-order valence-electron chi connectivity index (χ4n) is 1.45. The van der Waals surface area contributed by atoms with Crippen LogP contribution in [0.25, 0.3) is 0 Å². The van der Waals surface area contributed by atoms with Gasteiger partial charge < -0.3 is 20.5 Å². The van der Waals surface area contributed by atoms with Crippen LogP contribution < -0.4 is 15.4 Å². The minimum Gasteiger partial charge on any atom is -0.494 e. The van der Waals surface area contributed by atoms with E-state index in [1.807, 2.05) is 26.0 Å². The summed E-state index contributed by atoms with van der Waals surface area (Å²) in [6.07, 6.45) is 1.51. The van der Waals surface area contributed by atoms with Gasteiger partial charge in [-0.1, -0.05) is 19.9 Å². The van der Waals surface area contributed by atoms with Gasteiger partial charge in [0, 0.05) is 18.3 Å². The van der Waals surface area contributed by atoms with Crippen molar-refractivity contribution in [3.8, 4) is 5.75 Å². The van der Waals surface area contributed by atoms with Crippen molar-refractivity contribution < 1.29 is 14.6 Å². The van der Waals surface area contributed by atoms with E-state index < -0.39 is 5.60 Å². The Hall–Kier alpha value is -1.75. The summed E-state index contributed by atoms with van der Waals surface area (Å²) >= 11 is 0. The maximum Gasteiger partial charge on any atom is 0.319 e. The molecule has 0 aliphatic carbocycles. The molecule has 0 spiro atoms. The minimum atomic E-state index is -0.885. The summed E-state index contributed by atoms with van der Waals surface area (Å²) in [6, 6.07) is 6.89. The second-order valence-corrected chi connectivity index (χ2v) is 5.03. The molecular formula is C15H24N2O3. The molecule has 0 aliphatic rings. The van der Waals surface area contributed by atoms with E-state index in [2.05, 4.69) is 10.6 Å². The first-order chi connectivity index (χ1) is 9.46. The summed E-state index contributed by atoms with van der Waals surface area (Å²) in [5.74, 6) is 0.727. The van der Waals surface area contributed by atoms with Gasteiger partial charge in [-0.15, -0.1) is 0 Å². The molecule has 1 atom stereocenters. The Bertz CT molecular complexity index is 433. The van der Waals surface area contributed by atoms with Gasteiger partial charge in [0.05, 0.1) is 12.2 Å². The zero-order chi connectivity index (χ0) is 15.0. The van der Waals surface area contributed by atoms with Crippen LogP contribution in [0.5, 0.6) is 5.75 Å². The number of hydrogen-bond acceptors (Lipinski definition) is 3. The largest absolute Gasteiger partial charge is 0.494 e. The molecule has 0 saturated heterocycles. The van der Waals surface area contributed by atoms with E-state index in [9.17, 15) is 9.90 Å². The van der Waals surface area contributed by atoms with Crippen LogP contribution in [0.2, 0.25) is 0 Å². The quantitative estimate of drug-likeness (QED) is 0.719. The molecule has 0 aromatic heterocycles. The normalized spacial score (nSPS) is 13.4. The Morgan fingerprint density at radius 1 is 1.40 bits per heavy atom. The molecule has 2 amide bonds. The summed E-state index contributed by atoms with van der Waals surface area (Å²) in [7, 11) is 0. The average Bonchev–Trinajstić information content (AvgIpc) is 2.43. The number of ether oxygens (including phenoxy) is 1. The smallest absolute Gasteiger partial charge is 0.319 e. The number of hydrogen-bond donors (Lipinski definition) is 3. The van der Waals surface area contributed by atoms with E-state index in [0.29, 0.717) is 18.7 Å². The van der Waals surface area contributed by atoms with E-state index in [1.54, 1.807) is 19.1 Å². The molecule has 0 unspecified atom stereocenters. The number of aliphatic hydroxyl groups is 1. The first-order valence-electron chi connectivity index (χ1n) is 6.97. The van der Waals surface area contributed by atoms with Crippen molar-refractivity contribution in [3.63, 3.8) is 0 Å². The van der Waals surface area contributed by atoms with Crippen molar-refractivity contribution in [1.82, 2.24) is 5.32 Å². The first-order valence-corrected chi connectivity index (χ1v) is 6.97. The molecular weight excluding hydrogens is 256 g/mol. The fourth-order valence-corrected chi connectivity index (χ4v) is 1.45. The molecule has 1 aromatic carbocycles. The van der Waals surface area contributed by atoms with E-state index in [4.69, 9.17) is 4.74 Å². The molecule has 0 heterocycles. The monoisotopic (exact) mass is 280 g/mol. The predicted octanol–water partition coefficient (Wildman–Crippen LogP) is 2.76. The molecule has 5 heteroatoms. The number of amides is 2. The Balaban J connectivity index is 2.49. The topological polar surface area (TPSA) is 70.6 Å². The molecule has 3 N–H and O–H groups in total. The van der Waals surface area contributed by atoms with Crippen LogP contribution in [0.4, 0.5) is 10.5 Å². The number of urea groups is 1. The lowest BCUT2D eigenvalue weighted by atomic mass is 10.0. The Morgan fingerprint density at radius 2 is 2.15 bits per heavy atom. The Kier molecular flexibility index (Phi) is 6.31.